The van der Waals surface area contributed by atoms with E-state index in [0.717, 1.165) is 4.31 Å². The number of anilines is 1. The molecule has 2 atom stereocenters. The first-order valence-corrected chi connectivity index (χ1v) is 16.5. The predicted molar refractivity (Wildman–Crippen MR) is 173 cm³/mol. The molecule has 0 aliphatic heterocycles. The maximum Gasteiger partial charge on any atom is 0.264 e. The zero-order chi connectivity index (χ0) is 31.7. The fraction of sp³-hybridized carbons (Fsp3) is 0.355. The van der Waals surface area contributed by atoms with Crippen LogP contribution in [-0.2, 0) is 26.2 Å². The average molecular weight is 669 g/mol. The van der Waals surface area contributed by atoms with Gasteiger partial charge in [0.2, 0.25) is 11.8 Å². The maximum atomic E-state index is 14.3. The standard InChI is InChI=1S/C31H36Cl3N3O5S/c1-5-21(4)35-31(39)27(6-2)36(19-22-12-17-25(33)26(34)18-22)30(38)20-37(28-10-8-9-11-29(28)42-7-3)43(40,41)24-15-13-23(32)14-16-24/h8-18,21,27H,5-7,19-20H2,1-4H3,(H,35,39). The second-order valence-electron chi connectivity index (χ2n) is 9.88. The number of hydrogen-bond acceptors (Lipinski definition) is 5. The molecule has 3 aromatic carbocycles. The number of para-hydroxylation sites is 2. The maximum absolute atomic E-state index is 14.3. The Morgan fingerprint density at radius 2 is 1.58 bits per heavy atom. The monoisotopic (exact) mass is 667 g/mol. The van der Waals surface area contributed by atoms with E-state index in [0.29, 0.717) is 27.1 Å². The largest absolute Gasteiger partial charge is 0.492 e. The number of carbonyl (C=O) groups is 2. The fourth-order valence-electron chi connectivity index (χ4n) is 4.38. The SMILES string of the molecule is CCOc1ccccc1N(CC(=O)N(Cc1ccc(Cl)c(Cl)c1)C(CC)C(=O)NC(C)CC)S(=O)(=O)c1ccc(Cl)cc1. The lowest BCUT2D eigenvalue weighted by Crippen LogP contribution is -2.53. The van der Waals surface area contributed by atoms with E-state index in [4.69, 9.17) is 39.5 Å². The van der Waals surface area contributed by atoms with Gasteiger partial charge in [0.1, 0.15) is 18.3 Å². The molecule has 3 aromatic rings. The van der Waals surface area contributed by atoms with Gasteiger partial charge < -0.3 is 15.0 Å². The van der Waals surface area contributed by atoms with Crippen molar-refractivity contribution in [2.24, 2.45) is 0 Å². The Bertz CT molecular complexity index is 1520. The minimum Gasteiger partial charge on any atom is -0.492 e. The molecule has 43 heavy (non-hydrogen) atoms. The van der Waals surface area contributed by atoms with Crippen molar-refractivity contribution >= 4 is 62.3 Å². The molecule has 0 radical (unpaired) electrons. The van der Waals surface area contributed by atoms with E-state index in [9.17, 15) is 18.0 Å². The molecule has 2 amide bonds. The van der Waals surface area contributed by atoms with Gasteiger partial charge in [-0.2, -0.15) is 0 Å². The summed E-state index contributed by atoms with van der Waals surface area (Å²) in [6.45, 7) is 7.05. The van der Waals surface area contributed by atoms with Crippen molar-refractivity contribution in [2.75, 3.05) is 17.5 Å². The topological polar surface area (TPSA) is 96.0 Å². The lowest BCUT2D eigenvalue weighted by molar-refractivity contribution is -0.140. The number of amides is 2. The molecule has 0 saturated heterocycles. The fourth-order valence-corrected chi connectivity index (χ4v) is 6.25. The van der Waals surface area contributed by atoms with Gasteiger partial charge in [0.25, 0.3) is 10.0 Å². The normalized spacial score (nSPS) is 12.7. The van der Waals surface area contributed by atoms with Crippen LogP contribution in [0, 0.1) is 0 Å². The van der Waals surface area contributed by atoms with Crippen LogP contribution in [0.4, 0.5) is 5.69 Å². The third-order valence-electron chi connectivity index (χ3n) is 6.84. The molecule has 0 bridgehead atoms. The van der Waals surface area contributed by atoms with Crippen molar-refractivity contribution in [3.05, 3.63) is 87.4 Å². The number of nitrogens with one attached hydrogen (secondary N) is 1. The first-order chi connectivity index (χ1) is 20.4. The molecule has 0 saturated carbocycles. The molecule has 2 unspecified atom stereocenters. The van der Waals surface area contributed by atoms with Gasteiger partial charge in [0.15, 0.2) is 0 Å². The second-order valence-corrected chi connectivity index (χ2v) is 13.0. The molecule has 3 rings (SSSR count). The third-order valence-corrected chi connectivity index (χ3v) is 9.60. The molecule has 0 heterocycles. The van der Waals surface area contributed by atoms with E-state index in [-0.39, 0.29) is 47.9 Å². The van der Waals surface area contributed by atoms with Gasteiger partial charge in [-0.1, -0.05) is 66.8 Å². The van der Waals surface area contributed by atoms with Crippen LogP contribution >= 0.6 is 34.8 Å². The van der Waals surface area contributed by atoms with Crippen LogP contribution in [0.5, 0.6) is 5.75 Å². The second kappa shape index (κ2) is 15.7. The first-order valence-electron chi connectivity index (χ1n) is 14.0. The molecule has 1 N–H and O–H groups in total. The number of ether oxygens (including phenoxy) is 1. The molecule has 0 spiro atoms. The van der Waals surface area contributed by atoms with Gasteiger partial charge in [-0.05, 0) is 80.8 Å². The van der Waals surface area contributed by atoms with Crippen LogP contribution in [0.2, 0.25) is 15.1 Å². The molecular formula is C31H36Cl3N3O5S. The summed E-state index contributed by atoms with van der Waals surface area (Å²) in [7, 11) is -4.29. The Morgan fingerprint density at radius 3 is 2.19 bits per heavy atom. The van der Waals surface area contributed by atoms with Crippen LogP contribution < -0.4 is 14.4 Å². The van der Waals surface area contributed by atoms with Gasteiger partial charge >= 0.3 is 0 Å². The number of halogens is 3. The highest BCUT2D eigenvalue weighted by molar-refractivity contribution is 7.92. The van der Waals surface area contributed by atoms with Gasteiger partial charge in [0.05, 0.1) is 27.2 Å². The highest BCUT2D eigenvalue weighted by atomic mass is 35.5. The molecule has 0 fully saturated rings. The van der Waals surface area contributed by atoms with Crippen LogP contribution in [0.15, 0.2) is 71.6 Å². The Morgan fingerprint density at radius 1 is 0.907 bits per heavy atom. The molecule has 12 heteroatoms. The zero-order valence-electron chi connectivity index (χ0n) is 24.5. The zero-order valence-corrected chi connectivity index (χ0v) is 27.6. The number of nitrogens with zero attached hydrogens (tertiary/aromatic N) is 2. The van der Waals surface area contributed by atoms with E-state index in [1.807, 2.05) is 13.8 Å². The number of carbonyl (C=O) groups excluding carboxylic acids is 2. The summed E-state index contributed by atoms with van der Waals surface area (Å²) in [6.07, 6.45) is 0.985. The number of sulfonamides is 1. The third kappa shape index (κ3) is 8.79. The van der Waals surface area contributed by atoms with E-state index in [2.05, 4.69) is 5.32 Å². The van der Waals surface area contributed by atoms with E-state index in [1.165, 1.54) is 29.2 Å². The average Bonchev–Trinajstić information content (AvgIpc) is 2.98. The number of rotatable bonds is 14. The first kappa shape index (κ1) is 34.5. The smallest absolute Gasteiger partial charge is 0.264 e. The van der Waals surface area contributed by atoms with E-state index in [1.54, 1.807) is 56.3 Å². The van der Waals surface area contributed by atoms with Crippen molar-refractivity contribution in [1.29, 1.82) is 0 Å². The van der Waals surface area contributed by atoms with Crippen molar-refractivity contribution in [3.63, 3.8) is 0 Å². The van der Waals surface area contributed by atoms with Gasteiger partial charge in [-0.3, -0.25) is 13.9 Å². The summed E-state index contributed by atoms with van der Waals surface area (Å²) in [5.41, 5.74) is 0.804. The van der Waals surface area contributed by atoms with Crippen LogP contribution in [0.25, 0.3) is 0 Å². The Balaban J connectivity index is 2.12. The lowest BCUT2D eigenvalue weighted by Gasteiger charge is -2.34. The highest BCUT2D eigenvalue weighted by Gasteiger charge is 2.35. The highest BCUT2D eigenvalue weighted by Crippen LogP contribution is 2.33. The summed E-state index contributed by atoms with van der Waals surface area (Å²) < 4.78 is 35.0. The van der Waals surface area contributed by atoms with Crippen molar-refractivity contribution in [1.82, 2.24) is 10.2 Å². The van der Waals surface area contributed by atoms with E-state index < -0.39 is 28.5 Å². The lowest BCUT2D eigenvalue weighted by atomic mass is 10.1. The molecule has 8 nitrogen and oxygen atoms in total. The molecule has 0 aliphatic rings. The van der Waals surface area contributed by atoms with E-state index >= 15 is 0 Å². The molecule has 232 valence electrons. The molecule has 0 aromatic heterocycles. The minimum atomic E-state index is -4.29. The van der Waals surface area contributed by atoms with Crippen LogP contribution in [0.1, 0.15) is 46.1 Å². The van der Waals surface area contributed by atoms with Crippen molar-refractivity contribution in [3.8, 4) is 5.75 Å². The summed E-state index contributed by atoms with van der Waals surface area (Å²) in [4.78, 5) is 29.0. The summed E-state index contributed by atoms with van der Waals surface area (Å²) >= 11 is 18.4. The van der Waals surface area contributed by atoms with Gasteiger partial charge in [-0.15, -0.1) is 0 Å². The van der Waals surface area contributed by atoms with Crippen LogP contribution in [0.3, 0.4) is 0 Å². The Labute approximate surface area is 268 Å². The van der Waals surface area contributed by atoms with Crippen molar-refractivity contribution in [2.45, 2.75) is 64.1 Å². The number of benzene rings is 3. The number of hydrogen-bond donors (Lipinski definition) is 1. The minimum absolute atomic E-state index is 0.00983. The summed E-state index contributed by atoms with van der Waals surface area (Å²) in [6, 6.07) is 16.2. The summed E-state index contributed by atoms with van der Waals surface area (Å²) in [5.74, 6) is -0.652. The predicted octanol–water partition coefficient (Wildman–Crippen LogP) is 6.96. The Kier molecular flexibility index (Phi) is 12.6. The summed E-state index contributed by atoms with van der Waals surface area (Å²) in [5, 5.41) is 3.95. The van der Waals surface area contributed by atoms with Crippen molar-refractivity contribution < 1.29 is 22.7 Å². The van der Waals surface area contributed by atoms with Crippen LogP contribution in [-0.4, -0.2) is 50.4 Å². The molecular weight excluding hydrogens is 633 g/mol. The van der Waals surface area contributed by atoms with Gasteiger partial charge in [-0.25, -0.2) is 8.42 Å². The quantitative estimate of drug-likeness (QED) is 0.200. The Hall–Kier alpha value is -2.98. The molecule has 0 aliphatic carbocycles. The van der Waals surface area contributed by atoms with Gasteiger partial charge in [0, 0.05) is 17.6 Å².